The highest BCUT2D eigenvalue weighted by atomic mass is 16.5. The first-order valence-electron chi connectivity index (χ1n) is 12.9. The zero-order valence-electron chi connectivity index (χ0n) is 20.2. The molecule has 1 saturated carbocycles. The Kier molecular flexibility index (Phi) is 4.11. The topological polar surface area (TPSA) is 12.5 Å². The van der Waals surface area contributed by atoms with Crippen molar-refractivity contribution in [1.82, 2.24) is 4.90 Å². The summed E-state index contributed by atoms with van der Waals surface area (Å²) in [5.74, 6) is 0.531. The number of rotatable bonds is 2. The molecule has 2 nitrogen and oxygen atoms in total. The molecule has 2 aromatic carbocycles. The third-order valence-corrected chi connectivity index (χ3v) is 10.0. The monoisotopic (exact) mass is 437 g/mol. The predicted octanol–water partition coefficient (Wildman–Crippen LogP) is 6.92. The van der Waals surface area contributed by atoms with Crippen molar-refractivity contribution in [2.45, 2.75) is 69.1 Å². The van der Waals surface area contributed by atoms with E-state index >= 15 is 0 Å². The molecule has 33 heavy (non-hydrogen) atoms. The van der Waals surface area contributed by atoms with Crippen LogP contribution in [0.4, 0.5) is 0 Å². The van der Waals surface area contributed by atoms with Crippen molar-refractivity contribution in [1.29, 1.82) is 0 Å². The van der Waals surface area contributed by atoms with Crippen LogP contribution in [0, 0.1) is 11.3 Å². The third kappa shape index (κ3) is 2.63. The molecule has 2 bridgehead atoms. The molecule has 3 aliphatic carbocycles. The van der Waals surface area contributed by atoms with Crippen LogP contribution in [0.5, 0.6) is 0 Å². The summed E-state index contributed by atoms with van der Waals surface area (Å²) in [6.07, 6.45) is 15.9. The van der Waals surface area contributed by atoms with Gasteiger partial charge in [0.1, 0.15) is 0 Å². The zero-order chi connectivity index (χ0) is 22.4. The summed E-state index contributed by atoms with van der Waals surface area (Å²) in [6, 6.07) is 16.4. The fourth-order valence-electron chi connectivity index (χ4n) is 8.21. The van der Waals surface area contributed by atoms with Crippen molar-refractivity contribution < 1.29 is 4.74 Å². The highest BCUT2D eigenvalue weighted by Crippen LogP contribution is 2.67. The lowest BCUT2D eigenvalue weighted by atomic mass is 9.58. The van der Waals surface area contributed by atoms with Gasteiger partial charge in [-0.2, -0.15) is 0 Å². The van der Waals surface area contributed by atoms with E-state index in [-0.39, 0.29) is 16.6 Å². The van der Waals surface area contributed by atoms with E-state index in [9.17, 15) is 0 Å². The molecule has 0 aromatic heterocycles. The van der Waals surface area contributed by atoms with Crippen LogP contribution in [0.25, 0.3) is 16.3 Å². The second-order valence-corrected chi connectivity index (χ2v) is 11.8. The molecule has 2 aromatic rings. The Morgan fingerprint density at radius 1 is 1.00 bits per heavy atom. The molecule has 7 rings (SSSR count). The van der Waals surface area contributed by atoms with Gasteiger partial charge in [0.2, 0.25) is 0 Å². The molecular formula is C31H35NO. The van der Waals surface area contributed by atoms with E-state index in [1.165, 1.54) is 53.2 Å². The quantitative estimate of drug-likeness (QED) is 0.505. The van der Waals surface area contributed by atoms with Crippen LogP contribution in [0.2, 0.25) is 0 Å². The average Bonchev–Trinajstić information content (AvgIpc) is 3.33. The molecule has 0 radical (unpaired) electrons. The maximum Gasteiger partial charge on any atom is 0.0980 e. The minimum Gasteiger partial charge on any atom is -0.359 e. The maximum atomic E-state index is 7.40. The van der Waals surface area contributed by atoms with Crippen molar-refractivity contribution >= 4 is 16.3 Å². The van der Waals surface area contributed by atoms with Gasteiger partial charge in [0.15, 0.2) is 0 Å². The minimum atomic E-state index is -0.0974. The van der Waals surface area contributed by atoms with E-state index in [0.717, 1.165) is 19.3 Å². The molecule has 2 heteroatoms. The Labute approximate surface area is 198 Å². The van der Waals surface area contributed by atoms with Crippen molar-refractivity contribution in [3.63, 3.8) is 0 Å². The summed E-state index contributed by atoms with van der Waals surface area (Å²) in [7, 11) is 4.48. The fraction of sp³-hybridized carbons (Fsp3) is 0.484. The number of allylic oxidation sites excluding steroid dienone is 3. The molecule has 0 N–H and O–H groups in total. The van der Waals surface area contributed by atoms with Crippen LogP contribution >= 0.6 is 0 Å². The van der Waals surface area contributed by atoms with Crippen molar-refractivity contribution in [3.8, 4) is 0 Å². The summed E-state index contributed by atoms with van der Waals surface area (Å²) in [6.45, 7) is 2.52. The van der Waals surface area contributed by atoms with Gasteiger partial charge in [-0.3, -0.25) is 0 Å². The highest BCUT2D eigenvalue weighted by Gasteiger charge is 2.65. The fourth-order valence-corrected chi connectivity index (χ4v) is 8.21. The Morgan fingerprint density at radius 2 is 1.85 bits per heavy atom. The predicted molar refractivity (Wildman–Crippen MR) is 136 cm³/mol. The van der Waals surface area contributed by atoms with Crippen LogP contribution < -0.4 is 0 Å². The number of fused-ring (bicyclic) bond motifs is 2. The molecule has 5 aliphatic rings. The molecule has 5 atom stereocenters. The first-order chi connectivity index (χ1) is 15.9. The van der Waals surface area contributed by atoms with Crippen LogP contribution in [-0.2, 0) is 4.74 Å². The molecule has 2 spiro atoms. The summed E-state index contributed by atoms with van der Waals surface area (Å²) in [4.78, 5) is 2.42. The average molecular weight is 438 g/mol. The number of ether oxygens (including phenoxy) is 1. The second-order valence-electron chi connectivity index (χ2n) is 11.8. The summed E-state index contributed by atoms with van der Waals surface area (Å²) in [5, 5.41) is 2.66. The van der Waals surface area contributed by atoms with E-state index in [2.05, 4.69) is 86.6 Å². The van der Waals surface area contributed by atoms with Crippen molar-refractivity contribution in [2.75, 3.05) is 14.1 Å². The van der Waals surface area contributed by atoms with E-state index < -0.39 is 0 Å². The molecule has 2 heterocycles. The smallest absolute Gasteiger partial charge is 0.0980 e. The molecule has 2 aliphatic heterocycles. The van der Waals surface area contributed by atoms with Gasteiger partial charge < -0.3 is 9.64 Å². The lowest BCUT2D eigenvalue weighted by Crippen LogP contribution is -2.54. The number of nitrogens with zero attached hydrogens (tertiary/aromatic N) is 1. The zero-order valence-corrected chi connectivity index (χ0v) is 20.2. The Balaban J connectivity index is 1.28. The molecule has 2 fully saturated rings. The Hall–Kier alpha value is -2.16. The highest BCUT2D eigenvalue weighted by molar-refractivity contribution is 5.87. The van der Waals surface area contributed by atoms with E-state index in [1.54, 1.807) is 5.57 Å². The third-order valence-electron chi connectivity index (χ3n) is 10.0. The van der Waals surface area contributed by atoms with Crippen LogP contribution in [-0.4, -0.2) is 36.2 Å². The molecule has 170 valence electrons. The van der Waals surface area contributed by atoms with Gasteiger partial charge in [0.25, 0.3) is 0 Å². The molecule has 0 unspecified atom stereocenters. The Bertz CT molecular complexity index is 1250. The SMILES string of the molecule is CN(C)[C@H]1CCC2=CC3=CC[C@]4(C)C(c5ccc6ccccc6c5)=CC[C@H]4[C@@]34CC[C@]2(C1)O4. The van der Waals surface area contributed by atoms with E-state index in [4.69, 9.17) is 4.74 Å². The first kappa shape index (κ1) is 20.2. The molecule has 0 amide bonds. The molecular weight excluding hydrogens is 402 g/mol. The maximum absolute atomic E-state index is 7.40. The lowest BCUT2D eigenvalue weighted by molar-refractivity contribution is -0.134. The van der Waals surface area contributed by atoms with Crippen LogP contribution in [0.15, 0.2) is 71.8 Å². The van der Waals surface area contributed by atoms with Crippen molar-refractivity contribution in [2.24, 2.45) is 11.3 Å². The normalized spacial score (nSPS) is 39.0. The van der Waals surface area contributed by atoms with E-state index in [0.29, 0.717) is 12.0 Å². The van der Waals surface area contributed by atoms with Gasteiger partial charge in [0, 0.05) is 17.4 Å². The summed E-state index contributed by atoms with van der Waals surface area (Å²) >= 11 is 0. The van der Waals surface area contributed by atoms with Gasteiger partial charge in [-0.25, -0.2) is 0 Å². The lowest BCUT2D eigenvalue weighted by Gasteiger charge is -2.54. The van der Waals surface area contributed by atoms with Gasteiger partial charge in [0.05, 0.1) is 11.2 Å². The molecule has 1 saturated heterocycles. The van der Waals surface area contributed by atoms with E-state index in [1.807, 2.05) is 0 Å². The minimum absolute atomic E-state index is 0.0194. The van der Waals surface area contributed by atoms with Crippen LogP contribution in [0.3, 0.4) is 0 Å². The summed E-state index contributed by atoms with van der Waals surface area (Å²) in [5.41, 5.74) is 6.05. The first-order valence-corrected chi connectivity index (χ1v) is 12.9. The number of hydrogen-bond donors (Lipinski definition) is 0. The van der Waals surface area contributed by atoms with Crippen LogP contribution in [0.1, 0.15) is 57.4 Å². The largest absolute Gasteiger partial charge is 0.359 e. The summed E-state index contributed by atoms with van der Waals surface area (Å²) < 4.78 is 7.40. The van der Waals surface area contributed by atoms with Gasteiger partial charge in [-0.15, -0.1) is 0 Å². The second kappa shape index (κ2) is 6.71. The standard InChI is InChI=1S/C31H35NO/c1-29-15-14-25-19-24-10-11-26(32(2)3)20-30(24)16-17-31(25,33-30)28(29)13-12-27(29)23-9-8-21-6-4-5-7-22(21)18-23/h4-9,12,14,18-19,26,28H,10-11,13,15-17,20H2,1-3H3/t26-,28+,29+,30+,31+/m0/s1. The van der Waals surface area contributed by atoms with Gasteiger partial charge in [-0.05, 0) is 98.2 Å². The van der Waals surface area contributed by atoms with Crippen molar-refractivity contribution in [3.05, 3.63) is 77.4 Å². The number of benzene rings is 2. The van der Waals surface area contributed by atoms with Gasteiger partial charge in [-0.1, -0.05) is 61.5 Å². The van der Waals surface area contributed by atoms with Gasteiger partial charge >= 0.3 is 0 Å². The number of hydrogen-bond acceptors (Lipinski definition) is 2. The Morgan fingerprint density at radius 3 is 2.70 bits per heavy atom.